The van der Waals surface area contributed by atoms with Crippen LogP contribution >= 0.6 is 11.8 Å². The van der Waals surface area contributed by atoms with Gasteiger partial charge in [-0.2, -0.15) is 0 Å². The van der Waals surface area contributed by atoms with E-state index in [1.165, 1.54) is 11.8 Å². The maximum Gasteiger partial charge on any atom is 0.234 e. The summed E-state index contributed by atoms with van der Waals surface area (Å²) in [6.45, 7) is 6.15. The molecule has 0 radical (unpaired) electrons. The van der Waals surface area contributed by atoms with E-state index in [0.29, 0.717) is 11.0 Å². The van der Waals surface area contributed by atoms with E-state index >= 15 is 0 Å². The Morgan fingerprint density at radius 3 is 2.56 bits per heavy atom. The summed E-state index contributed by atoms with van der Waals surface area (Å²) in [7, 11) is 0. The van der Waals surface area contributed by atoms with Gasteiger partial charge >= 0.3 is 0 Å². The monoisotopic (exact) mass is 443 g/mol. The third-order valence-corrected chi connectivity index (χ3v) is 6.18. The fraction of sp³-hybridized carbons (Fsp3) is 0.200. The van der Waals surface area contributed by atoms with Crippen LogP contribution < -0.4 is 5.32 Å². The van der Waals surface area contributed by atoms with E-state index in [0.717, 1.165) is 40.0 Å². The second-order valence-electron chi connectivity index (χ2n) is 7.47. The number of anilines is 1. The SMILES string of the molecule is CCc1cccc(C)c1NC(=O)CSc1nnc(-c2cccnc2)n1-c1ccccc1C. The van der Waals surface area contributed by atoms with Crippen LogP contribution in [0.4, 0.5) is 5.69 Å². The van der Waals surface area contributed by atoms with Crippen LogP contribution in [0.2, 0.25) is 0 Å². The van der Waals surface area contributed by atoms with Gasteiger partial charge in [0.05, 0.1) is 11.4 Å². The summed E-state index contributed by atoms with van der Waals surface area (Å²) in [5.41, 5.74) is 6.03. The third-order valence-electron chi connectivity index (χ3n) is 5.25. The van der Waals surface area contributed by atoms with Crippen molar-refractivity contribution in [1.29, 1.82) is 0 Å². The highest BCUT2D eigenvalue weighted by molar-refractivity contribution is 7.99. The molecule has 0 unspecified atom stereocenters. The van der Waals surface area contributed by atoms with Crippen LogP contribution in [0.15, 0.2) is 72.1 Å². The molecule has 0 aliphatic carbocycles. The molecule has 6 nitrogen and oxygen atoms in total. The number of para-hydroxylation sites is 2. The molecule has 4 aromatic rings. The molecule has 0 bridgehead atoms. The standard InChI is InChI=1S/C25H25N5OS/c1-4-19-11-7-10-18(3)23(19)27-22(31)16-32-25-29-28-24(20-12-8-14-26-15-20)30(25)21-13-6-5-9-17(21)2/h5-15H,4,16H2,1-3H3,(H,27,31). The number of hydrogen-bond acceptors (Lipinski definition) is 5. The van der Waals surface area contributed by atoms with Crippen LogP contribution in [0.5, 0.6) is 0 Å². The zero-order valence-corrected chi connectivity index (χ0v) is 19.2. The number of nitrogens with zero attached hydrogens (tertiary/aromatic N) is 4. The molecule has 32 heavy (non-hydrogen) atoms. The number of benzene rings is 2. The summed E-state index contributed by atoms with van der Waals surface area (Å²) >= 11 is 1.37. The summed E-state index contributed by atoms with van der Waals surface area (Å²) in [6.07, 6.45) is 4.36. The van der Waals surface area contributed by atoms with Crippen molar-refractivity contribution < 1.29 is 4.79 Å². The fourth-order valence-electron chi connectivity index (χ4n) is 3.58. The molecule has 7 heteroatoms. The van der Waals surface area contributed by atoms with Crippen molar-refractivity contribution in [2.45, 2.75) is 32.3 Å². The number of hydrogen-bond donors (Lipinski definition) is 1. The average molecular weight is 444 g/mol. The van der Waals surface area contributed by atoms with Gasteiger partial charge in [-0.05, 0) is 55.2 Å². The quantitative estimate of drug-likeness (QED) is 0.396. The summed E-state index contributed by atoms with van der Waals surface area (Å²) in [6, 6.07) is 18.0. The number of nitrogens with one attached hydrogen (secondary N) is 1. The Morgan fingerprint density at radius 1 is 1.00 bits per heavy atom. The van der Waals surface area contributed by atoms with Gasteiger partial charge in [0, 0.05) is 23.6 Å². The van der Waals surface area contributed by atoms with Gasteiger partial charge in [-0.3, -0.25) is 14.3 Å². The number of aromatic nitrogens is 4. The average Bonchev–Trinajstić information content (AvgIpc) is 3.23. The number of amides is 1. The second kappa shape index (κ2) is 9.78. The van der Waals surface area contributed by atoms with Gasteiger partial charge in [-0.1, -0.05) is 55.1 Å². The molecule has 1 amide bonds. The molecule has 0 aliphatic heterocycles. The number of carbonyl (C=O) groups excluding carboxylic acids is 1. The predicted octanol–water partition coefficient (Wildman–Crippen LogP) is 5.24. The lowest BCUT2D eigenvalue weighted by molar-refractivity contribution is -0.113. The predicted molar refractivity (Wildman–Crippen MR) is 129 cm³/mol. The van der Waals surface area contributed by atoms with E-state index in [4.69, 9.17) is 0 Å². The van der Waals surface area contributed by atoms with Crippen molar-refractivity contribution in [3.05, 3.63) is 83.7 Å². The molecule has 2 aromatic heterocycles. The van der Waals surface area contributed by atoms with Crippen molar-refractivity contribution in [3.63, 3.8) is 0 Å². The summed E-state index contributed by atoms with van der Waals surface area (Å²) < 4.78 is 2.00. The number of thioether (sulfide) groups is 1. The van der Waals surface area contributed by atoms with E-state index in [2.05, 4.69) is 27.4 Å². The largest absolute Gasteiger partial charge is 0.325 e. The summed E-state index contributed by atoms with van der Waals surface area (Å²) in [5, 5.41) is 12.6. The molecule has 0 aliphatic rings. The van der Waals surface area contributed by atoms with Crippen LogP contribution in [-0.4, -0.2) is 31.4 Å². The maximum atomic E-state index is 12.8. The molecular weight excluding hydrogens is 418 g/mol. The second-order valence-corrected chi connectivity index (χ2v) is 8.41. The minimum absolute atomic E-state index is 0.0683. The van der Waals surface area contributed by atoms with E-state index in [1.807, 2.05) is 73.0 Å². The minimum atomic E-state index is -0.0683. The number of aryl methyl sites for hydroxylation is 3. The van der Waals surface area contributed by atoms with Crippen LogP contribution in [0.3, 0.4) is 0 Å². The first-order valence-corrected chi connectivity index (χ1v) is 11.5. The first-order chi connectivity index (χ1) is 15.6. The van der Waals surface area contributed by atoms with Crippen LogP contribution in [0.25, 0.3) is 17.1 Å². The van der Waals surface area contributed by atoms with Crippen molar-refractivity contribution in [2.75, 3.05) is 11.1 Å². The third kappa shape index (κ3) is 4.57. The molecule has 0 saturated carbocycles. The van der Waals surface area contributed by atoms with Gasteiger partial charge in [-0.25, -0.2) is 0 Å². The van der Waals surface area contributed by atoms with Crippen molar-refractivity contribution in [2.24, 2.45) is 0 Å². The molecule has 2 heterocycles. The minimum Gasteiger partial charge on any atom is -0.325 e. The molecule has 2 aromatic carbocycles. The van der Waals surface area contributed by atoms with Gasteiger partial charge in [0.2, 0.25) is 5.91 Å². The molecule has 162 valence electrons. The first kappa shape index (κ1) is 21.8. The summed E-state index contributed by atoms with van der Waals surface area (Å²) in [5.74, 6) is 0.859. The summed E-state index contributed by atoms with van der Waals surface area (Å²) in [4.78, 5) is 17.0. The highest BCUT2D eigenvalue weighted by Gasteiger charge is 2.19. The Balaban J connectivity index is 1.62. The molecule has 0 spiro atoms. The van der Waals surface area contributed by atoms with Crippen LogP contribution in [-0.2, 0) is 11.2 Å². The Bertz CT molecular complexity index is 1240. The zero-order chi connectivity index (χ0) is 22.5. The Hall–Kier alpha value is -3.45. The van der Waals surface area contributed by atoms with E-state index in [1.54, 1.807) is 12.4 Å². The Labute approximate surface area is 192 Å². The van der Waals surface area contributed by atoms with Crippen molar-refractivity contribution in [3.8, 4) is 17.1 Å². The molecular formula is C25H25N5OS. The van der Waals surface area contributed by atoms with Crippen molar-refractivity contribution in [1.82, 2.24) is 19.7 Å². The van der Waals surface area contributed by atoms with Gasteiger partial charge in [0.25, 0.3) is 0 Å². The Kier molecular flexibility index (Phi) is 6.66. The van der Waals surface area contributed by atoms with Gasteiger partial charge in [0.1, 0.15) is 0 Å². The van der Waals surface area contributed by atoms with E-state index in [-0.39, 0.29) is 11.7 Å². The van der Waals surface area contributed by atoms with Crippen LogP contribution in [0, 0.1) is 13.8 Å². The van der Waals surface area contributed by atoms with Gasteiger partial charge in [-0.15, -0.1) is 10.2 Å². The maximum absolute atomic E-state index is 12.8. The molecule has 4 rings (SSSR count). The number of pyridine rings is 1. The normalized spacial score (nSPS) is 10.8. The molecule has 0 saturated heterocycles. The highest BCUT2D eigenvalue weighted by Crippen LogP contribution is 2.29. The molecule has 0 fully saturated rings. The van der Waals surface area contributed by atoms with Gasteiger partial charge < -0.3 is 5.32 Å². The topological polar surface area (TPSA) is 72.7 Å². The van der Waals surface area contributed by atoms with Gasteiger partial charge in [0.15, 0.2) is 11.0 Å². The lowest BCUT2D eigenvalue weighted by Crippen LogP contribution is -2.16. The smallest absolute Gasteiger partial charge is 0.234 e. The van der Waals surface area contributed by atoms with E-state index < -0.39 is 0 Å². The molecule has 0 atom stereocenters. The lowest BCUT2D eigenvalue weighted by Gasteiger charge is -2.14. The number of rotatable bonds is 7. The fourth-order valence-corrected chi connectivity index (χ4v) is 4.33. The molecule has 1 N–H and O–H groups in total. The lowest BCUT2D eigenvalue weighted by atomic mass is 10.1. The van der Waals surface area contributed by atoms with Crippen molar-refractivity contribution >= 4 is 23.4 Å². The number of carbonyl (C=O) groups is 1. The Morgan fingerprint density at radius 2 is 1.81 bits per heavy atom. The first-order valence-electron chi connectivity index (χ1n) is 10.5. The van der Waals surface area contributed by atoms with E-state index in [9.17, 15) is 4.79 Å². The zero-order valence-electron chi connectivity index (χ0n) is 18.4. The van der Waals surface area contributed by atoms with Crippen LogP contribution in [0.1, 0.15) is 23.6 Å². The highest BCUT2D eigenvalue weighted by atomic mass is 32.2.